The molecule has 2 aromatic heterocycles. The van der Waals surface area contributed by atoms with E-state index in [1.807, 2.05) is 6.07 Å². The quantitative estimate of drug-likeness (QED) is 0.721. The van der Waals surface area contributed by atoms with E-state index in [9.17, 15) is 14.0 Å². The molecule has 0 bridgehead atoms. The Labute approximate surface area is 161 Å². The van der Waals surface area contributed by atoms with E-state index in [0.29, 0.717) is 18.7 Å². The van der Waals surface area contributed by atoms with Crippen LogP contribution >= 0.6 is 0 Å². The van der Waals surface area contributed by atoms with Crippen LogP contribution in [0.5, 0.6) is 0 Å². The molecule has 1 saturated heterocycles. The molecular formula is C21H22FN4O2+. The molecule has 6 nitrogen and oxygen atoms in total. The number of pyridine rings is 2. The monoisotopic (exact) mass is 381 g/mol. The molecule has 7 heteroatoms. The zero-order chi connectivity index (χ0) is 19.7. The predicted octanol–water partition coefficient (Wildman–Crippen LogP) is 0.554. The highest BCUT2D eigenvalue weighted by atomic mass is 19.1. The molecule has 3 aromatic rings. The van der Waals surface area contributed by atoms with Crippen molar-refractivity contribution in [1.82, 2.24) is 14.5 Å². The summed E-state index contributed by atoms with van der Waals surface area (Å²) < 4.78 is 14.7. The van der Waals surface area contributed by atoms with Gasteiger partial charge in [0.05, 0.1) is 39.8 Å². The highest BCUT2D eigenvalue weighted by molar-refractivity contribution is 5.97. The number of piperazine rings is 1. The van der Waals surface area contributed by atoms with E-state index in [1.165, 1.54) is 21.6 Å². The van der Waals surface area contributed by atoms with Crippen molar-refractivity contribution in [3.8, 4) is 0 Å². The lowest BCUT2D eigenvalue weighted by atomic mass is 10.1. The zero-order valence-electron chi connectivity index (χ0n) is 15.7. The number of carbonyl (C=O) groups is 1. The van der Waals surface area contributed by atoms with Crippen LogP contribution in [-0.2, 0) is 6.54 Å². The maximum absolute atomic E-state index is 13.2. The standard InChI is InChI=1S/C21H21FN4O2/c1-24-9-11-25(12-10-24)20(27)18-13-16-3-2-8-23-19(16)26(21(18)28)14-15-4-6-17(22)7-5-15/h2-8,13H,9-12,14H2,1H3/p+1. The van der Waals surface area contributed by atoms with E-state index < -0.39 is 0 Å². The normalized spacial score (nSPS) is 15.1. The molecule has 0 unspecified atom stereocenters. The van der Waals surface area contributed by atoms with Crippen LogP contribution in [0.15, 0.2) is 53.5 Å². The Morgan fingerprint density at radius 1 is 1.18 bits per heavy atom. The molecule has 3 heterocycles. The van der Waals surface area contributed by atoms with Crippen LogP contribution in [-0.4, -0.2) is 53.6 Å². The lowest BCUT2D eigenvalue weighted by Crippen LogP contribution is -3.12. The van der Waals surface area contributed by atoms with Crippen molar-refractivity contribution in [1.29, 1.82) is 0 Å². The largest absolute Gasteiger partial charge is 0.334 e. The first-order valence-electron chi connectivity index (χ1n) is 9.36. The number of halogens is 1. The second kappa shape index (κ2) is 7.52. The number of aromatic nitrogens is 2. The summed E-state index contributed by atoms with van der Waals surface area (Å²) in [6.45, 7) is 3.22. The molecule has 1 N–H and O–H groups in total. The molecule has 1 aliphatic heterocycles. The smallest absolute Gasteiger partial charge is 0.265 e. The van der Waals surface area contributed by atoms with Crippen LogP contribution in [0.3, 0.4) is 0 Å². The summed E-state index contributed by atoms with van der Waals surface area (Å²) in [4.78, 5) is 33.7. The number of carbonyl (C=O) groups excluding carboxylic acids is 1. The molecule has 1 fully saturated rings. The number of nitrogens with zero attached hydrogens (tertiary/aromatic N) is 3. The number of hydrogen-bond acceptors (Lipinski definition) is 3. The fourth-order valence-electron chi connectivity index (χ4n) is 3.54. The first-order valence-corrected chi connectivity index (χ1v) is 9.36. The Hall–Kier alpha value is -3.06. The van der Waals surface area contributed by atoms with Crippen molar-refractivity contribution < 1.29 is 14.1 Å². The number of benzene rings is 1. The van der Waals surface area contributed by atoms with E-state index in [0.717, 1.165) is 24.0 Å². The molecule has 28 heavy (non-hydrogen) atoms. The van der Waals surface area contributed by atoms with Crippen molar-refractivity contribution in [3.63, 3.8) is 0 Å². The molecule has 144 valence electrons. The molecule has 0 atom stereocenters. The molecular weight excluding hydrogens is 359 g/mol. The van der Waals surface area contributed by atoms with Gasteiger partial charge in [-0.25, -0.2) is 9.37 Å². The van der Waals surface area contributed by atoms with Crippen LogP contribution in [0.4, 0.5) is 4.39 Å². The fraction of sp³-hybridized carbons (Fsp3) is 0.286. The Morgan fingerprint density at radius 3 is 2.61 bits per heavy atom. The minimum atomic E-state index is -0.369. The van der Waals surface area contributed by atoms with Crippen molar-refractivity contribution in [2.24, 2.45) is 0 Å². The van der Waals surface area contributed by atoms with Gasteiger partial charge in [-0.05, 0) is 35.9 Å². The molecule has 0 saturated carbocycles. The van der Waals surface area contributed by atoms with E-state index in [2.05, 4.69) is 12.0 Å². The Bertz CT molecular complexity index is 1070. The molecule has 1 amide bonds. The van der Waals surface area contributed by atoms with Crippen LogP contribution in [0, 0.1) is 5.82 Å². The Morgan fingerprint density at radius 2 is 1.89 bits per heavy atom. The maximum atomic E-state index is 13.2. The summed E-state index contributed by atoms with van der Waals surface area (Å²) in [5, 5.41) is 0.729. The SMILES string of the molecule is C[NH+]1CCN(C(=O)c2cc3cccnc3n(Cc3ccc(F)cc3)c2=O)CC1. The third-order valence-corrected chi connectivity index (χ3v) is 5.24. The molecule has 0 aliphatic carbocycles. The first-order chi connectivity index (χ1) is 13.5. The number of quaternary nitrogens is 1. The average Bonchev–Trinajstić information content (AvgIpc) is 2.71. The minimum Gasteiger partial charge on any atom is -0.334 e. The lowest BCUT2D eigenvalue weighted by Gasteiger charge is -2.30. The number of fused-ring (bicyclic) bond motifs is 1. The summed E-state index contributed by atoms with van der Waals surface area (Å²) in [6.07, 6.45) is 1.62. The number of rotatable bonds is 3. The molecule has 0 radical (unpaired) electrons. The lowest BCUT2D eigenvalue weighted by molar-refractivity contribution is -0.883. The molecule has 4 rings (SSSR count). The van der Waals surface area contributed by atoms with Crippen LogP contribution in [0.1, 0.15) is 15.9 Å². The summed E-state index contributed by atoms with van der Waals surface area (Å²) in [6, 6.07) is 11.2. The third kappa shape index (κ3) is 3.53. The highest BCUT2D eigenvalue weighted by Gasteiger charge is 2.25. The summed E-state index contributed by atoms with van der Waals surface area (Å²) in [5.74, 6) is -0.573. The zero-order valence-corrected chi connectivity index (χ0v) is 15.7. The van der Waals surface area contributed by atoms with Gasteiger partial charge in [-0.3, -0.25) is 14.2 Å². The van der Waals surface area contributed by atoms with Gasteiger partial charge >= 0.3 is 0 Å². The number of likely N-dealkylation sites (N-methyl/N-ethyl adjacent to an activating group) is 1. The van der Waals surface area contributed by atoms with Gasteiger partial charge in [0.15, 0.2) is 0 Å². The number of nitrogens with one attached hydrogen (secondary N) is 1. The predicted molar refractivity (Wildman–Crippen MR) is 104 cm³/mol. The second-order valence-electron chi connectivity index (χ2n) is 7.24. The molecule has 0 spiro atoms. The van der Waals surface area contributed by atoms with Gasteiger partial charge in [0.2, 0.25) is 0 Å². The summed E-state index contributed by atoms with van der Waals surface area (Å²) in [5.41, 5.74) is 1.06. The first kappa shape index (κ1) is 18.3. The second-order valence-corrected chi connectivity index (χ2v) is 7.24. The number of hydrogen-bond donors (Lipinski definition) is 1. The average molecular weight is 381 g/mol. The summed E-state index contributed by atoms with van der Waals surface area (Å²) in [7, 11) is 2.10. The fourth-order valence-corrected chi connectivity index (χ4v) is 3.54. The van der Waals surface area contributed by atoms with E-state index in [1.54, 1.807) is 35.4 Å². The van der Waals surface area contributed by atoms with Crippen LogP contribution < -0.4 is 10.5 Å². The van der Waals surface area contributed by atoms with Crippen molar-refractivity contribution in [2.45, 2.75) is 6.54 Å². The van der Waals surface area contributed by atoms with E-state index in [-0.39, 0.29) is 29.4 Å². The molecule has 1 aromatic carbocycles. The van der Waals surface area contributed by atoms with Crippen molar-refractivity contribution in [3.05, 3.63) is 76.0 Å². The van der Waals surface area contributed by atoms with Crippen LogP contribution in [0.2, 0.25) is 0 Å². The van der Waals surface area contributed by atoms with Crippen LogP contribution in [0.25, 0.3) is 11.0 Å². The topological polar surface area (TPSA) is 59.6 Å². The Kier molecular flexibility index (Phi) is 4.92. The van der Waals surface area contributed by atoms with E-state index >= 15 is 0 Å². The third-order valence-electron chi connectivity index (χ3n) is 5.24. The minimum absolute atomic E-state index is 0.155. The van der Waals surface area contributed by atoms with Gasteiger partial charge in [-0.2, -0.15) is 0 Å². The van der Waals surface area contributed by atoms with Crippen molar-refractivity contribution >= 4 is 16.9 Å². The van der Waals surface area contributed by atoms with Gasteiger partial charge in [-0.15, -0.1) is 0 Å². The summed E-state index contributed by atoms with van der Waals surface area (Å²) >= 11 is 0. The van der Waals surface area contributed by atoms with Gasteiger partial charge in [0, 0.05) is 11.6 Å². The van der Waals surface area contributed by atoms with Crippen molar-refractivity contribution in [2.75, 3.05) is 33.2 Å². The van der Waals surface area contributed by atoms with Gasteiger partial charge < -0.3 is 9.80 Å². The Balaban J connectivity index is 1.77. The molecule has 1 aliphatic rings. The van der Waals surface area contributed by atoms with Gasteiger partial charge in [0.25, 0.3) is 11.5 Å². The van der Waals surface area contributed by atoms with Gasteiger partial charge in [-0.1, -0.05) is 12.1 Å². The van der Waals surface area contributed by atoms with Gasteiger partial charge in [0.1, 0.15) is 17.0 Å². The van der Waals surface area contributed by atoms with E-state index in [4.69, 9.17) is 0 Å². The maximum Gasteiger partial charge on any atom is 0.265 e. The highest BCUT2D eigenvalue weighted by Crippen LogP contribution is 2.14. The number of amides is 1.